The van der Waals surface area contributed by atoms with Crippen LogP contribution in [0.5, 0.6) is 0 Å². The van der Waals surface area contributed by atoms with Crippen molar-refractivity contribution >= 4 is 11.9 Å². The molecule has 0 aliphatic rings. The summed E-state index contributed by atoms with van der Waals surface area (Å²) in [5.74, 6) is -0.957. The van der Waals surface area contributed by atoms with Gasteiger partial charge in [-0.25, -0.2) is 0 Å². The number of nitrogens with one attached hydrogen (secondary N) is 1. The van der Waals surface area contributed by atoms with Crippen molar-refractivity contribution in [3.05, 3.63) is 18.5 Å². The van der Waals surface area contributed by atoms with Gasteiger partial charge in [-0.15, -0.1) is 0 Å². The van der Waals surface area contributed by atoms with Crippen molar-refractivity contribution in [1.29, 1.82) is 0 Å². The molecule has 0 aliphatic carbocycles. The Morgan fingerprint density at radius 2 is 2.17 bits per heavy atom. The van der Waals surface area contributed by atoms with Crippen LogP contribution in [0.3, 0.4) is 0 Å². The van der Waals surface area contributed by atoms with Gasteiger partial charge < -0.3 is 10.4 Å². The first-order valence-corrected chi connectivity index (χ1v) is 5.97. The van der Waals surface area contributed by atoms with Gasteiger partial charge in [-0.05, 0) is 12.0 Å². The molecule has 6 nitrogen and oxygen atoms in total. The zero-order valence-corrected chi connectivity index (χ0v) is 10.7. The first kappa shape index (κ1) is 14.2. The van der Waals surface area contributed by atoms with E-state index >= 15 is 0 Å². The molecule has 100 valence electrons. The van der Waals surface area contributed by atoms with Crippen LogP contribution in [-0.2, 0) is 16.1 Å². The molecule has 18 heavy (non-hydrogen) atoms. The second kappa shape index (κ2) is 6.78. The van der Waals surface area contributed by atoms with Crippen LogP contribution in [0.4, 0.5) is 0 Å². The fraction of sp³-hybridized carbons (Fsp3) is 0.583. The van der Waals surface area contributed by atoms with E-state index in [-0.39, 0.29) is 24.3 Å². The van der Waals surface area contributed by atoms with Crippen molar-refractivity contribution in [3.8, 4) is 0 Å². The number of aromatic nitrogens is 2. The highest BCUT2D eigenvalue weighted by Crippen LogP contribution is 2.06. The summed E-state index contributed by atoms with van der Waals surface area (Å²) >= 11 is 0. The van der Waals surface area contributed by atoms with E-state index in [9.17, 15) is 9.59 Å². The molecule has 1 unspecified atom stereocenters. The quantitative estimate of drug-likeness (QED) is 0.755. The summed E-state index contributed by atoms with van der Waals surface area (Å²) in [6.07, 6.45) is 3.68. The molecule has 0 aliphatic heterocycles. The molecule has 1 atom stereocenters. The minimum absolute atomic E-state index is 0.0504. The Hall–Kier alpha value is -1.85. The van der Waals surface area contributed by atoms with E-state index in [1.807, 2.05) is 13.8 Å². The van der Waals surface area contributed by atoms with Gasteiger partial charge >= 0.3 is 5.97 Å². The van der Waals surface area contributed by atoms with Crippen molar-refractivity contribution in [3.63, 3.8) is 0 Å². The molecule has 1 amide bonds. The van der Waals surface area contributed by atoms with Crippen LogP contribution in [0.2, 0.25) is 0 Å². The Labute approximate surface area is 106 Å². The SMILES string of the molecule is CC(C)C(CC(=O)O)NC(=O)CCn1cccn1. The van der Waals surface area contributed by atoms with E-state index < -0.39 is 5.97 Å². The average Bonchev–Trinajstić information content (AvgIpc) is 2.77. The highest BCUT2D eigenvalue weighted by atomic mass is 16.4. The van der Waals surface area contributed by atoms with Crippen LogP contribution in [0, 0.1) is 5.92 Å². The molecule has 0 aromatic carbocycles. The molecule has 0 spiro atoms. The third kappa shape index (κ3) is 4.99. The van der Waals surface area contributed by atoms with Gasteiger partial charge in [0.15, 0.2) is 0 Å². The van der Waals surface area contributed by atoms with Crippen LogP contribution in [0.1, 0.15) is 26.7 Å². The lowest BCUT2D eigenvalue weighted by Crippen LogP contribution is -2.40. The van der Waals surface area contributed by atoms with Crippen LogP contribution in [0.15, 0.2) is 18.5 Å². The number of hydrogen-bond donors (Lipinski definition) is 2. The molecule has 1 rings (SSSR count). The maximum absolute atomic E-state index is 11.7. The lowest BCUT2D eigenvalue weighted by Gasteiger charge is -2.20. The molecular weight excluding hydrogens is 234 g/mol. The van der Waals surface area contributed by atoms with Crippen molar-refractivity contribution in [1.82, 2.24) is 15.1 Å². The average molecular weight is 253 g/mol. The fourth-order valence-electron chi connectivity index (χ4n) is 1.57. The molecule has 1 heterocycles. The predicted octanol–water partition coefficient (Wildman–Crippen LogP) is 0.889. The molecule has 1 aromatic rings. The Kier molecular flexibility index (Phi) is 5.35. The third-order valence-electron chi connectivity index (χ3n) is 2.67. The molecular formula is C12H19N3O3. The molecule has 1 aromatic heterocycles. The van der Waals surface area contributed by atoms with E-state index in [1.165, 1.54) is 0 Å². The zero-order valence-electron chi connectivity index (χ0n) is 10.7. The van der Waals surface area contributed by atoms with E-state index in [2.05, 4.69) is 10.4 Å². The van der Waals surface area contributed by atoms with Crippen molar-refractivity contribution in [2.75, 3.05) is 0 Å². The maximum atomic E-state index is 11.7. The van der Waals surface area contributed by atoms with Crippen LogP contribution < -0.4 is 5.32 Å². The van der Waals surface area contributed by atoms with Gasteiger partial charge in [0.2, 0.25) is 5.91 Å². The summed E-state index contributed by atoms with van der Waals surface area (Å²) in [6, 6.07) is 1.46. The zero-order chi connectivity index (χ0) is 13.5. The molecule has 0 saturated heterocycles. The largest absolute Gasteiger partial charge is 0.481 e. The molecule has 6 heteroatoms. The fourth-order valence-corrected chi connectivity index (χ4v) is 1.57. The molecule has 0 fully saturated rings. The van der Waals surface area contributed by atoms with Gasteiger partial charge in [0.05, 0.1) is 6.42 Å². The van der Waals surface area contributed by atoms with Gasteiger partial charge in [-0.1, -0.05) is 13.8 Å². The Balaban J connectivity index is 2.38. The maximum Gasteiger partial charge on any atom is 0.305 e. The van der Waals surface area contributed by atoms with Crippen LogP contribution in [0.25, 0.3) is 0 Å². The van der Waals surface area contributed by atoms with E-state index in [0.717, 1.165) is 0 Å². The number of carboxylic acid groups (broad SMARTS) is 1. The molecule has 0 saturated carbocycles. The minimum Gasteiger partial charge on any atom is -0.481 e. The highest BCUT2D eigenvalue weighted by Gasteiger charge is 2.19. The summed E-state index contributed by atoms with van der Waals surface area (Å²) in [7, 11) is 0. The molecule has 2 N–H and O–H groups in total. The topological polar surface area (TPSA) is 84.2 Å². The van der Waals surface area contributed by atoms with Crippen LogP contribution in [-0.4, -0.2) is 32.8 Å². The van der Waals surface area contributed by atoms with Crippen molar-refractivity contribution in [2.45, 2.75) is 39.3 Å². The Morgan fingerprint density at radius 1 is 1.44 bits per heavy atom. The molecule has 0 radical (unpaired) electrons. The summed E-state index contributed by atoms with van der Waals surface area (Å²) in [4.78, 5) is 22.4. The van der Waals surface area contributed by atoms with Gasteiger partial charge in [-0.3, -0.25) is 14.3 Å². The Morgan fingerprint density at radius 3 is 2.67 bits per heavy atom. The summed E-state index contributed by atoms with van der Waals surface area (Å²) in [5.41, 5.74) is 0. The second-order valence-corrected chi connectivity index (χ2v) is 4.54. The number of aryl methyl sites for hydroxylation is 1. The van der Waals surface area contributed by atoms with Crippen LogP contribution >= 0.6 is 0 Å². The predicted molar refractivity (Wildman–Crippen MR) is 65.9 cm³/mol. The van der Waals surface area contributed by atoms with E-state index in [1.54, 1.807) is 23.1 Å². The lowest BCUT2D eigenvalue weighted by molar-refractivity contribution is -0.138. The molecule has 0 bridgehead atoms. The number of carbonyl (C=O) groups is 2. The third-order valence-corrected chi connectivity index (χ3v) is 2.67. The Bertz CT molecular complexity index is 387. The minimum atomic E-state index is -0.902. The number of carbonyl (C=O) groups excluding carboxylic acids is 1. The monoisotopic (exact) mass is 253 g/mol. The number of aliphatic carboxylic acids is 1. The highest BCUT2D eigenvalue weighted by molar-refractivity contribution is 5.77. The van der Waals surface area contributed by atoms with Gasteiger partial charge in [0, 0.05) is 31.4 Å². The number of carboxylic acids is 1. The van der Waals surface area contributed by atoms with E-state index in [0.29, 0.717) is 13.0 Å². The lowest BCUT2D eigenvalue weighted by atomic mass is 10.0. The summed E-state index contributed by atoms with van der Waals surface area (Å²) in [6.45, 7) is 4.28. The first-order chi connectivity index (χ1) is 8.49. The summed E-state index contributed by atoms with van der Waals surface area (Å²) in [5, 5.41) is 15.5. The number of rotatable bonds is 7. The smallest absolute Gasteiger partial charge is 0.305 e. The normalized spacial score (nSPS) is 12.4. The second-order valence-electron chi connectivity index (χ2n) is 4.54. The number of nitrogens with zero attached hydrogens (tertiary/aromatic N) is 2. The van der Waals surface area contributed by atoms with Crippen molar-refractivity contribution < 1.29 is 14.7 Å². The summed E-state index contributed by atoms with van der Waals surface area (Å²) < 4.78 is 1.67. The van der Waals surface area contributed by atoms with Crippen molar-refractivity contribution in [2.24, 2.45) is 5.92 Å². The van der Waals surface area contributed by atoms with Gasteiger partial charge in [-0.2, -0.15) is 5.10 Å². The van der Waals surface area contributed by atoms with Gasteiger partial charge in [0.25, 0.3) is 0 Å². The number of hydrogen-bond acceptors (Lipinski definition) is 3. The number of amides is 1. The first-order valence-electron chi connectivity index (χ1n) is 5.97. The van der Waals surface area contributed by atoms with Gasteiger partial charge in [0.1, 0.15) is 0 Å². The standard InChI is InChI=1S/C12H19N3O3/c1-9(2)10(8-12(17)18)14-11(16)4-7-15-6-3-5-13-15/h3,5-6,9-10H,4,7-8H2,1-2H3,(H,14,16)(H,17,18). The van der Waals surface area contributed by atoms with E-state index in [4.69, 9.17) is 5.11 Å².